The van der Waals surface area contributed by atoms with Gasteiger partial charge in [-0.2, -0.15) is 0 Å². The first-order valence-corrected chi connectivity index (χ1v) is 9.16. The zero-order chi connectivity index (χ0) is 16.9. The molecule has 2 N–H and O–H groups in total. The molecule has 0 fully saturated rings. The lowest BCUT2D eigenvalue weighted by molar-refractivity contribution is 0.740. The van der Waals surface area contributed by atoms with Crippen LogP contribution < -0.4 is 15.5 Å². The van der Waals surface area contributed by atoms with Gasteiger partial charge in [-0.3, -0.25) is 4.99 Å². The number of aromatic nitrogens is 1. The summed E-state index contributed by atoms with van der Waals surface area (Å²) in [5.74, 6) is 0.803. The van der Waals surface area contributed by atoms with Crippen LogP contribution >= 0.6 is 35.3 Å². The fourth-order valence-corrected chi connectivity index (χ4v) is 3.72. The number of aryl methyl sites for hydroxylation is 2. The molecule has 25 heavy (non-hydrogen) atoms. The standard InChI is InChI=1S/C18H25N5S.HI/c1-13-10-20-17(24-13)12-22-18(19-2)21-11-14-6-7-16-15(9-14)5-4-8-23(16)3;/h6-7,9-10H,4-5,8,11-12H2,1-3H3,(H2,19,21,22);1H. The fourth-order valence-electron chi connectivity index (χ4n) is 3.00. The number of aliphatic imine (C=N–C) groups is 1. The van der Waals surface area contributed by atoms with Gasteiger partial charge in [0.2, 0.25) is 0 Å². The van der Waals surface area contributed by atoms with E-state index in [1.165, 1.54) is 34.5 Å². The minimum absolute atomic E-state index is 0. The number of nitrogens with one attached hydrogen (secondary N) is 2. The highest BCUT2D eigenvalue weighted by molar-refractivity contribution is 14.0. The Morgan fingerprint density at radius 3 is 2.84 bits per heavy atom. The number of hydrogen-bond acceptors (Lipinski definition) is 4. The molecule has 136 valence electrons. The van der Waals surface area contributed by atoms with Crippen LogP contribution in [0.25, 0.3) is 0 Å². The summed E-state index contributed by atoms with van der Waals surface area (Å²) in [7, 11) is 3.96. The van der Waals surface area contributed by atoms with E-state index in [4.69, 9.17) is 0 Å². The minimum Gasteiger partial charge on any atom is -0.374 e. The maximum Gasteiger partial charge on any atom is 0.191 e. The average Bonchev–Trinajstić information content (AvgIpc) is 3.00. The maximum absolute atomic E-state index is 4.36. The van der Waals surface area contributed by atoms with Gasteiger partial charge in [0, 0.05) is 43.9 Å². The smallest absolute Gasteiger partial charge is 0.191 e. The predicted molar refractivity (Wildman–Crippen MR) is 117 cm³/mol. The summed E-state index contributed by atoms with van der Waals surface area (Å²) in [6.07, 6.45) is 4.31. The molecule has 0 atom stereocenters. The summed E-state index contributed by atoms with van der Waals surface area (Å²) in [6, 6.07) is 6.75. The first kappa shape index (κ1) is 20.0. The monoisotopic (exact) mass is 471 g/mol. The molecular weight excluding hydrogens is 445 g/mol. The van der Waals surface area contributed by atoms with Gasteiger partial charge in [-0.25, -0.2) is 4.98 Å². The van der Waals surface area contributed by atoms with Crippen molar-refractivity contribution in [2.75, 3.05) is 25.5 Å². The summed E-state index contributed by atoms with van der Waals surface area (Å²) in [6.45, 7) is 4.69. The Kier molecular flexibility index (Phi) is 7.49. The molecule has 0 saturated carbocycles. The molecule has 0 amide bonds. The van der Waals surface area contributed by atoms with Crippen LogP contribution in [0.1, 0.15) is 27.4 Å². The summed E-state index contributed by atoms with van der Waals surface area (Å²) in [5, 5.41) is 7.78. The van der Waals surface area contributed by atoms with Crippen LogP contribution in [0.15, 0.2) is 29.4 Å². The highest BCUT2D eigenvalue weighted by atomic mass is 127. The molecule has 1 aromatic heterocycles. The number of anilines is 1. The molecule has 1 aliphatic heterocycles. The van der Waals surface area contributed by atoms with E-state index >= 15 is 0 Å². The van der Waals surface area contributed by atoms with Crippen LogP contribution in [0.3, 0.4) is 0 Å². The lowest BCUT2D eigenvalue weighted by Crippen LogP contribution is -2.36. The SMILES string of the molecule is CN=C(NCc1ccc2c(c1)CCCN2C)NCc1ncc(C)s1.I. The van der Waals surface area contributed by atoms with Gasteiger partial charge in [0.05, 0.1) is 6.54 Å². The van der Waals surface area contributed by atoms with Crippen molar-refractivity contribution in [2.45, 2.75) is 32.9 Å². The Morgan fingerprint density at radius 1 is 1.32 bits per heavy atom. The molecule has 0 bridgehead atoms. The van der Waals surface area contributed by atoms with E-state index in [2.05, 4.69) is 57.7 Å². The molecule has 0 radical (unpaired) electrons. The number of benzene rings is 1. The van der Waals surface area contributed by atoms with E-state index in [0.717, 1.165) is 24.1 Å². The van der Waals surface area contributed by atoms with Gasteiger partial charge in [-0.1, -0.05) is 12.1 Å². The lowest BCUT2D eigenvalue weighted by Gasteiger charge is -2.28. The normalized spacial score (nSPS) is 13.9. The molecule has 1 aliphatic rings. The van der Waals surface area contributed by atoms with Crippen molar-refractivity contribution in [1.82, 2.24) is 15.6 Å². The molecule has 0 saturated heterocycles. The molecule has 2 heterocycles. The molecule has 0 unspecified atom stereocenters. The second-order valence-electron chi connectivity index (χ2n) is 6.13. The van der Waals surface area contributed by atoms with E-state index in [-0.39, 0.29) is 24.0 Å². The topological polar surface area (TPSA) is 52.6 Å². The molecule has 5 nitrogen and oxygen atoms in total. The third-order valence-corrected chi connectivity index (χ3v) is 5.17. The van der Waals surface area contributed by atoms with Crippen molar-refractivity contribution in [2.24, 2.45) is 4.99 Å². The van der Waals surface area contributed by atoms with Gasteiger partial charge in [0.25, 0.3) is 0 Å². The van der Waals surface area contributed by atoms with Gasteiger partial charge in [-0.15, -0.1) is 35.3 Å². The number of rotatable bonds is 4. The number of fused-ring (bicyclic) bond motifs is 1. The highest BCUT2D eigenvalue weighted by Gasteiger charge is 2.13. The van der Waals surface area contributed by atoms with Crippen LogP contribution in [0.5, 0.6) is 0 Å². The number of guanidine groups is 1. The Morgan fingerprint density at radius 2 is 2.12 bits per heavy atom. The van der Waals surface area contributed by atoms with Gasteiger partial charge in [-0.05, 0) is 37.0 Å². The maximum atomic E-state index is 4.36. The average molecular weight is 471 g/mol. The van der Waals surface area contributed by atoms with Crippen LogP contribution in [-0.4, -0.2) is 31.6 Å². The summed E-state index contributed by atoms with van der Waals surface area (Å²) in [5.41, 5.74) is 4.10. The first-order chi connectivity index (χ1) is 11.7. The zero-order valence-electron chi connectivity index (χ0n) is 15.0. The van der Waals surface area contributed by atoms with Crippen molar-refractivity contribution in [3.05, 3.63) is 45.4 Å². The largest absolute Gasteiger partial charge is 0.374 e. The van der Waals surface area contributed by atoms with E-state index < -0.39 is 0 Å². The van der Waals surface area contributed by atoms with Crippen LogP contribution in [0, 0.1) is 6.92 Å². The lowest BCUT2D eigenvalue weighted by atomic mass is 9.99. The van der Waals surface area contributed by atoms with Crippen LogP contribution in [-0.2, 0) is 19.5 Å². The van der Waals surface area contributed by atoms with Gasteiger partial charge in [0.1, 0.15) is 5.01 Å². The quantitative estimate of drug-likeness (QED) is 0.408. The third kappa shape index (κ3) is 5.31. The fraction of sp³-hybridized carbons (Fsp3) is 0.444. The van der Waals surface area contributed by atoms with E-state index in [1.807, 2.05) is 6.20 Å². The number of halogens is 1. The van der Waals surface area contributed by atoms with Crippen molar-refractivity contribution in [3.8, 4) is 0 Å². The Labute approximate surface area is 171 Å². The molecule has 1 aromatic carbocycles. The molecule has 3 rings (SSSR count). The number of hydrogen-bond donors (Lipinski definition) is 2. The Balaban J connectivity index is 0.00000225. The van der Waals surface area contributed by atoms with E-state index in [0.29, 0.717) is 6.54 Å². The zero-order valence-corrected chi connectivity index (χ0v) is 18.1. The number of thiazole rings is 1. The van der Waals surface area contributed by atoms with E-state index in [1.54, 1.807) is 18.4 Å². The van der Waals surface area contributed by atoms with Gasteiger partial charge < -0.3 is 15.5 Å². The van der Waals surface area contributed by atoms with Crippen molar-refractivity contribution in [3.63, 3.8) is 0 Å². The minimum atomic E-state index is 0. The third-order valence-electron chi connectivity index (χ3n) is 4.25. The molecule has 0 aliphatic carbocycles. The first-order valence-electron chi connectivity index (χ1n) is 8.34. The summed E-state index contributed by atoms with van der Waals surface area (Å²) < 4.78 is 0. The number of nitrogens with zero attached hydrogens (tertiary/aromatic N) is 3. The van der Waals surface area contributed by atoms with Crippen LogP contribution in [0.2, 0.25) is 0 Å². The summed E-state index contributed by atoms with van der Waals surface area (Å²) >= 11 is 1.71. The molecule has 2 aromatic rings. The Hall–Kier alpha value is -1.35. The van der Waals surface area contributed by atoms with Crippen molar-refractivity contribution in [1.29, 1.82) is 0 Å². The van der Waals surface area contributed by atoms with E-state index in [9.17, 15) is 0 Å². The van der Waals surface area contributed by atoms with Crippen LogP contribution in [0.4, 0.5) is 5.69 Å². The summed E-state index contributed by atoms with van der Waals surface area (Å²) in [4.78, 5) is 12.2. The second kappa shape index (κ2) is 9.38. The molecule has 0 spiro atoms. The van der Waals surface area contributed by atoms with Gasteiger partial charge >= 0.3 is 0 Å². The van der Waals surface area contributed by atoms with Gasteiger partial charge in [0.15, 0.2) is 5.96 Å². The van der Waals surface area contributed by atoms with Crippen molar-refractivity contribution >= 4 is 47.0 Å². The highest BCUT2D eigenvalue weighted by Crippen LogP contribution is 2.26. The van der Waals surface area contributed by atoms with Crippen molar-refractivity contribution < 1.29 is 0 Å². The molecule has 7 heteroatoms. The Bertz CT molecular complexity index is 728. The second-order valence-corrected chi connectivity index (χ2v) is 7.45. The predicted octanol–water partition coefficient (Wildman–Crippen LogP) is 3.32. The molecular formula is C18H26IN5S.